The Hall–Kier alpha value is -1.10. The lowest BCUT2D eigenvalue weighted by atomic mass is 10.0. The van der Waals surface area contributed by atoms with Crippen LogP contribution in [-0.4, -0.2) is 35.6 Å². The Morgan fingerprint density at radius 2 is 1.82 bits per heavy atom. The summed E-state index contributed by atoms with van der Waals surface area (Å²) in [7, 11) is 0. The average molecular weight is 244 g/mol. The molecule has 0 aromatic rings. The van der Waals surface area contributed by atoms with Crippen molar-refractivity contribution in [3.63, 3.8) is 0 Å². The number of carboxylic acid groups (broad SMARTS) is 1. The molecule has 5 nitrogen and oxygen atoms in total. The van der Waals surface area contributed by atoms with Gasteiger partial charge in [-0.1, -0.05) is 20.8 Å². The molecule has 3 N–H and O–H groups in total. The quantitative estimate of drug-likeness (QED) is 0.595. The van der Waals surface area contributed by atoms with Crippen LogP contribution in [0.3, 0.4) is 0 Å². The molecule has 0 saturated heterocycles. The summed E-state index contributed by atoms with van der Waals surface area (Å²) in [5.74, 6) is -0.910. The van der Waals surface area contributed by atoms with E-state index in [-0.39, 0.29) is 17.9 Å². The largest absolute Gasteiger partial charge is 0.480 e. The van der Waals surface area contributed by atoms with Crippen LogP contribution in [-0.2, 0) is 9.59 Å². The fourth-order valence-corrected chi connectivity index (χ4v) is 1.40. The molecule has 0 aliphatic rings. The van der Waals surface area contributed by atoms with Gasteiger partial charge in [0.2, 0.25) is 5.91 Å². The second-order valence-corrected chi connectivity index (χ2v) is 4.64. The molecule has 0 bridgehead atoms. The molecule has 0 heterocycles. The number of hydrogen-bond acceptors (Lipinski definition) is 3. The van der Waals surface area contributed by atoms with Crippen LogP contribution in [0.2, 0.25) is 0 Å². The molecule has 0 radical (unpaired) electrons. The monoisotopic (exact) mass is 244 g/mol. The maximum Gasteiger partial charge on any atom is 0.320 e. The molecule has 0 aromatic heterocycles. The standard InChI is InChI=1S/C12H24N2O3/c1-5-9(4)14-10(15)6-7-13-11(8(2)3)12(16)17/h8-9,11,13H,5-7H2,1-4H3,(H,14,15)(H,16,17). The van der Waals surface area contributed by atoms with Gasteiger partial charge in [-0.05, 0) is 19.3 Å². The summed E-state index contributed by atoms with van der Waals surface area (Å²) >= 11 is 0. The van der Waals surface area contributed by atoms with E-state index in [0.29, 0.717) is 13.0 Å². The fraction of sp³-hybridized carbons (Fsp3) is 0.833. The highest BCUT2D eigenvalue weighted by Crippen LogP contribution is 2.01. The van der Waals surface area contributed by atoms with E-state index >= 15 is 0 Å². The lowest BCUT2D eigenvalue weighted by molar-refractivity contribution is -0.140. The zero-order valence-electron chi connectivity index (χ0n) is 11.1. The molecule has 0 rings (SSSR count). The number of carboxylic acids is 1. The van der Waals surface area contributed by atoms with E-state index in [1.807, 2.05) is 27.7 Å². The highest BCUT2D eigenvalue weighted by Gasteiger charge is 2.20. The first-order valence-corrected chi connectivity index (χ1v) is 6.14. The highest BCUT2D eigenvalue weighted by molar-refractivity contribution is 5.77. The Balaban J connectivity index is 3.89. The maximum atomic E-state index is 11.4. The summed E-state index contributed by atoms with van der Waals surface area (Å²) in [4.78, 5) is 22.3. The van der Waals surface area contributed by atoms with Crippen molar-refractivity contribution >= 4 is 11.9 Å². The molecule has 100 valence electrons. The van der Waals surface area contributed by atoms with Gasteiger partial charge in [0.25, 0.3) is 0 Å². The molecular formula is C12H24N2O3. The van der Waals surface area contributed by atoms with Crippen LogP contribution in [0.4, 0.5) is 0 Å². The van der Waals surface area contributed by atoms with Gasteiger partial charge >= 0.3 is 5.97 Å². The summed E-state index contributed by atoms with van der Waals surface area (Å²) < 4.78 is 0. The normalized spacial score (nSPS) is 14.4. The second kappa shape index (κ2) is 8.06. The lowest BCUT2D eigenvalue weighted by Gasteiger charge is -2.18. The van der Waals surface area contributed by atoms with E-state index in [9.17, 15) is 9.59 Å². The minimum atomic E-state index is -0.873. The van der Waals surface area contributed by atoms with Crippen molar-refractivity contribution in [1.29, 1.82) is 0 Å². The average Bonchev–Trinajstić information content (AvgIpc) is 2.22. The third-order valence-electron chi connectivity index (χ3n) is 2.67. The van der Waals surface area contributed by atoms with Crippen LogP contribution < -0.4 is 10.6 Å². The van der Waals surface area contributed by atoms with E-state index in [1.165, 1.54) is 0 Å². The molecule has 5 heteroatoms. The molecule has 0 aromatic carbocycles. The summed E-state index contributed by atoms with van der Waals surface area (Å²) in [6.45, 7) is 8.01. The zero-order chi connectivity index (χ0) is 13.4. The number of rotatable bonds is 8. The van der Waals surface area contributed by atoms with Crippen molar-refractivity contribution in [1.82, 2.24) is 10.6 Å². The highest BCUT2D eigenvalue weighted by atomic mass is 16.4. The summed E-state index contributed by atoms with van der Waals surface area (Å²) in [6.07, 6.45) is 1.20. The Morgan fingerprint density at radius 3 is 2.24 bits per heavy atom. The van der Waals surface area contributed by atoms with E-state index in [0.717, 1.165) is 6.42 Å². The number of carbonyl (C=O) groups excluding carboxylic acids is 1. The molecule has 0 saturated carbocycles. The topological polar surface area (TPSA) is 78.4 Å². The maximum absolute atomic E-state index is 11.4. The minimum absolute atomic E-state index is 0.00475. The first-order valence-electron chi connectivity index (χ1n) is 6.14. The SMILES string of the molecule is CCC(C)NC(=O)CCNC(C(=O)O)C(C)C. The number of carbonyl (C=O) groups is 2. The fourth-order valence-electron chi connectivity index (χ4n) is 1.40. The Morgan fingerprint density at radius 1 is 1.24 bits per heavy atom. The van der Waals surface area contributed by atoms with E-state index < -0.39 is 12.0 Å². The molecule has 17 heavy (non-hydrogen) atoms. The Kier molecular flexibility index (Phi) is 7.54. The molecule has 2 unspecified atom stereocenters. The van der Waals surface area contributed by atoms with Crippen LogP contribution >= 0.6 is 0 Å². The van der Waals surface area contributed by atoms with Crippen LogP contribution in [0, 0.1) is 5.92 Å². The molecule has 0 aliphatic carbocycles. The van der Waals surface area contributed by atoms with E-state index in [4.69, 9.17) is 5.11 Å². The summed E-state index contributed by atoms with van der Waals surface area (Å²) in [6, 6.07) is -0.422. The number of amides is 1. The number of hydrogen-bond donors (Lipinski definition) is 3. The van der Waals surface area contributed by atoms with Crippen molar-refractivity contribution in [2.24, 2.45) is 5.92 Å². The lowest BCUT2D eigenvalue weighted by Crippen LogP contribution is -2.43. The third kappa shape index (κ3) is 6.94. The third-order valence-corrected chi connectivity index (χ3v) is 2.67. The van der Waals surface area contributed by atoms with Gasteiger partial charge in [-0.3, -0.25) is 9.59 Å². The molecule has 0 fully saturated rings. The first kappa shape index (κ1) is 15.9. The van der Waals surface area contributed by atoms with Crippen LogP contribution in [0.1, 0.15) is 40.5 Å². The predicted molar refractivity (Wildman–Crippen MR) is 66.8 cm³/mol. The number of aliphatic carboxylic acids is 1. The molecule has 2 atom stereocenters. The summed E-state index contributed by atoms with van der Waals surface area (Å²) in [5, 5.41) is 14.6. The van der Waals surface area contributed by atoms with E-state index in [1.54, 1.807) is 0 Å². The van der Waals surface area contributed by atoms with Crippen molar-refractivity contribution in [3.05, 3.63) is 0 Å². The van der Waals surface area contributed by atoms with Crippen molar-refractivity contribution in [3.8, 4) is 0 Å². The van der Waals surface area contributed by atoms with Crippen molar-refractivity contribution < 1.29 is 14.7 Å². The van der Waals surface area contributed by atoms with Crippen LogP contribution in [0.25, 0.3) is 0 Å². The molecular weight excluding hydrogens is 220 g/mol. The van der Waals surface area contributed by atoms with Crippen LogP contribution in [0.5, 0.6) is 0 Å². The van der Waals surface area contributed by atoms with Crippen LogP contribution in [0.15, 0.2) is 0 Å². The van der Waals surface area contributed by atoms with Gasteiger partial charge in [0.05, 0.1) is 0 Å². The van der Waals surface area contributed by atoms with Gasteiger partial charge < -0.3 is 15.7 Å². The van der Waals surface area contributed by atoms with Gasteiger partial charge in [-0.25, -0.2) is 0 Å². The van der Waals surface area contributed by atoms with Crippen molar-refractivity contribution in [2.45, 2.75) is 52.6 Å². The summed E-state index contributed by atoms with van der Waals surface area (Å²) in [5.41, 5.74) is 0. The van der Waals surface area contributed by atoms with Gasteiger partial charge in [-0.2, -0.15) is 0 Å². The zero-order valence-corrected chi connectivity index (χ0v) is 11.1. The van der Waals surface area contributed by atoms with Gasteiger partial charge in [0.15, 0.2) is 0 Å². The van der Waals surface area contributed by atoms with Gasteiger partial charge in [0.1, 0.15) is 6.04 Å². The van der Waals surface area contributed by atoms with Crippen molar-refractivity contribution in [2.75, 3.05) is 6.54 Å². The smallest absolute Gasteiger partial charge is 0.320 e. The van der Waals surface area contributed by atoms with E-state index in [2.05, 4.69) is 10.6 Å². The molecule has 1 amide bonds. The van der Waals surface area contributed by atoms with Gasteiger partial charge in [-0.15, -0.1) is 0 Å². The Bertz CT molecular complexity index is 254. The first-order chi connectivity index (χ1) is 7.88. The number of nitrogens with one attached hydrogen (secondary N) is 2. The molecule has 0 aliphatic heterocycles. The Labute approximate surface area is 103 Å². The van der Waals surface area contributed by atoms with Gasteiger partial charge in [0, 0.05) is 19.0 Å². The second-order valence-electron chi connectivity index (χ2n) is 4.64. The minimum Gasteiger partial charge on any atom is -0.480 e. The predicted octanol–water partition coefficient (Wildman–Crippen LogP) is 0.990. The molecule has 0 spiro atoms.